The van der Waals surface area contributed by atoms with Gasteiger partial charge in [-0.05, 0) is 20.8 Å². The molecule has 0 amide bonds. The molecule has 7 heteroatoms. The number of aromatic nitrogens is 2. The van der Waals surface area contributed by atoms with Crippen molar-refractivity contribution in [2.24, 2.45) is 0 Å². The topological polar surface area (TPSA) is 73.0 Å². The Kier molecular flexibility index (Phi) is 3.69. The normalized spacial score (nSPS) is 23.4. The van der Waals surface area contributed by atoms with E-state index < -0.39 is 12.2 Å². The lowest BCUT2D eigenvalue weighted by Gasteiger charge is -2.22. The van der Waals surface area contributed by atoms with Crippen LogP contribution in [0, 0.1) is 0 Å². The SMILES string of the molecule is CC(C)(C)NCc1c(N2CC(O)C(O)C2)nc2sccn12. The zero-order valence-electron chi connectivity index (χ0n) is 12.6. The van der Waals surface area contributed by atoms with Gasteiger partial charge in [-0.2, -0.15) is 0 Å². The van der Waals surface area contributed by atoms with Crippen molar-refractivity contribution in [1.82, 2.24) is 14.7 Å². The van der Waals surface area contributed by atoms with Crippen LogP contribution in [0.1, 0.15) is 26.5 Å². The quantitative estimate of drug-likeness (QED) is 0.783. The van der Waals surface area contributed by atoms with Crippen molar-refractivity contribution in [3.8, 4) is 0 Å². The maximum Gasteiger partial charge on any atom is 0.195 e. The first-order valence-electron chi connectivity index (χ1n) is 7.16. The molecule has 2 aromatic heterocycles. The molecule has 3 rings (SSSR count). The Hall–Kier alpha value is -1.15. The molecule has 2 atom stereocenters. The second kappa shape index (κ2) is 5.24. The molecule has 1 aliphatic rings. The number of aliphatic hydroxyl groups excluding tert-OH is 2. The molecule has 1 fully saturated rings. The van der Waals surface area contributed by atoms with Gasteiger partial charge in [0.25, 0.3) is 0 Å². The Morgan fingerprint density at radius 1 is 1.33 bits per heavy atom. The van der Waals surface area contributed by atoms with Crippen molar-refractivity contribution in [3.63, 3.8) is 0 Å². The summed E-state index contributed by atoms with van der Waals surface area (Å²) in [4.78, 5) is 7.57. The summed E-state index contributed by atoms with van der Waals surface area (Å²) in [5, 5.41) is 25.0. The summed E-state index contributed by atoms with van der Waals surface area (Å²) in [5.74, 6) is 0.856. The zero-order chi connectivity index (χ0) is 15.2. The summed E-state index contributed by atoms with van der Waals surface area (Å²) >= 11 is 1.59. The predicted octanol–water partition coefficient (Wildman–Crippen LogP) is 0.826. The van der Waals surface area contributed by atoms with Crippen molar-refractivity contribution in [2.75, 3.05) is 18.0 Å². The number of thiazole rings is 1. The number of anilines is 1. The summed E-state index contributed by atoms with van der Waals surface area (Å²) in [7, 11) is 0. The minimum atomic E-state index is -0.701. The van der Waals surface area contributed by atoms with E-state index in [-0.39, 0.29) is 5.54 Å². The van der Waals surface area contributed by atoms with E-state index in [0.29, 0.717) is 19.6 Å². The maximum absolute atomic E-state index is 9.77. The molecule has 1 saturated heterocycles. The highest BCUT2D eigenvalue weighted by atomic mass is 32.1. The van der Waals surface area contributed by atoms with Crippen LogP contribution in [0.5, 0.6) is 0 Å². The zero-order valence-corrected chi connectivity index (χ0v) is 13.4. The molecular formula is C14H22N4O2S. The van der Waals surface area contributed by atoms with Gasteiger partial charge in [-0.3, -0.25) is 4.40 Å². The fraction of sp³-hybridized carbons (Fsp3) is 0.643. The lowest BCUT2D eigenvalue weighted by atomic mass is 10.1. The van der Waals surface area contributed by atoms with Crippen molar-refractivity contribution >= 4 is 22.1 Å². The lowest BCUT2D eigenvalue weighted by molar-refractivity contribution is 0.0572. The number of hydrogen-bond donors (Lipinski definition) is 3. The fourth-order valence-electron chi connectivity index (χ4n) is 2.53. The van der Waals surface area contributed by atoms with E-state index in [1.807, 2.05) is 16.5 Å². The Morgan fingerprint density at radius 2 is 2.00 bits per heavy atom. The van der Waals surface area contributed by atoms with Gasteiger partial charge in [0.15, 0.2) is 10.8 Å². The highest BCUT2D eigenvalue weighted by molar-refractivity contribution is 7.15. The van der Waals surface area contributed by atoms with Gasteiger partial charge in [-0.1, -0.05) is 0 Å². The molecule has 2 aromatic rings. The Morgan fingerprint density at radius 3 is 2.62 bits per heavy atom. The smallest absolute Gasteiger partial charge is 0.195 e. The second-order valence-electron chi connectivity index (χ2n) is 6.58. The van der Waals surface area contributed by atoms with E-state index in [1.165, 1.54) is 0 Å². The van der Waals surface area contributed by atoms with Crippen molar-refractivity contribution in [2.45, 2.75) is 45.1 Å². The van der Waals surface area contributed by atoms with Gasteiger partial charge in [0, 0.05) is 36.8 Å². The Balaban J connectivity index is 1.92. The highest BCUT2D eigenvalue weighted by Crippen LogP contribution is 2.28. The van der Waals surface area contributed by atoms with Gasteiger partial charge < -0.3 is 20.4 Å². The molecule has 0 bridgehead atoms. The molecule has 3 N–H and O–H groups in total. The van der Waals surface area contributed by atoms with Gasteiger partial charge in [-0.25, -0.2) is 4.98 Å². The predicted molar refractivity (Wildman–Crippen MR) is 83.9 cm³/mol. The minimum absolute atomic E-state index is 0.0154. The van der Waals surface area contributed by atoms with E-state index in [0.717, 1.165) is 16.5 Å². The molecule has 1 aliphatic heterocycles. The number of imidazole rings is 1. The third kappa shape index (κ3) is 2.91. The number of rotatable bonds is 3. The van der Waals surface area contributed by atoms with Crippen LogP contribution < -0.4 is 10.2 Å². The summed E-state index contributed by atoms with van der Waals surface area (Å²) in [6.45, 7) is 7.92. The van der Waals surface area contributed by atoms with Crippen LogP contribution in [0.15, 0.2) is 11.6 Å². The minimum Gasteiger partial charge on any atom is -0.389 e. The first-order chi connectivity index (χ1) is 9.85. The lowest BCUT2D eigenvalue weighted by Crippen LogP contribution is -2.36. The summed E-state index contributed by atoms with van der Waals surface area (Å²) in [5.41, 5.74) is 1.09. The molecule has 0 aliphatic carbocycles. The fourth-order valence-corrected chi connectivity index (χ4v) is 3.26. The van der Waals surface area contributed by atoms with E-state index in [9.17, 15) is 10.2 Å². The molecule has 0 radical (unpaired) electrons. The van der Waals surface area contributed by atoms with E-state index in [2.05, 4.69) is 35.5 Å². The molecule has 6 nitrogen and oxygen atoms in total. The monoisotopic (exact) mass is 310 g/mol. The molecule has 2 unspecified atom stereocenters. The van der Waals surface area contributed by atoms with Crippen LogP contribution in [0.2, 0.25) is 0 Å². The van der Waals surface area contributed by atoms with Gasteiger partial charge in [0.2, 0.25) is 0 Å². The van der Waals surface area contributed by atoms with Crippen LogP contribution in [-0.4, -0.2) is 50.4 Å². The first kappa shape index (κ1) is 14.8. The summed E-state index contributed by atoms with van der Waals surface area (Å²) in [6.07, 6.45) is 0.611. The van der Waals surface area contributed by atoms with Gasteiger partial charge in [0.1, 0.15) is 0 Å². The largest absolute Gasteiger partial charge is 0.389 e. The second-order valence-corrected chi connectivity index (χ2v) is 7.45. The number of aliphatic hydroxyl groups is 2. The molecule has 116 valence electrons. The first-order valence-corrected chi connectivity index (χ1v) is 8.03. The van der Waals surface area contributed by atoms with Crippen LogP contribution in [0.4, 0.5) is 5.82 Å². The number of hydrogen-bond acceptors (Lipinski definition) is 6. The van der Waals surface area contributed by atoms with Crippen LogP contribution in [-0.2, 0) is 6.54 Å². The molecule has 0 saturated carbocycles. The number of fused-ring (bicyclic) bond motifs is 1. The van der Waals surface area contributed by atoms with E-state index >= 15 is 0 Å². The van der Waals surface area contributed by atoms with Gasteiger partial charge >= 0.3 is 0 Å². The number of nitrogens with one attached hydrogen (secondary N) is 1. The standard InChI is InChI=1S/C14H22N4O2S/c1-14(2,3)15-6-9-12(16-13-18(9)4-5-21-13)17-7-10(19)11(20)8-17/h4-5,10-11,15,19-20H,6-8H2,1-3H3. The van der Waals surface area contributed by atoms with Crippen molar-refractivity contribution in [3.05, 3.63) is 17.3 Å². The van der Waals surface area contributed by atoms with Crippen LogP contribution in [0.25, 0.3) is 4.96 Å². The average molecular weight is 310 g/mol. The van der Waals surface area contributed by atoms with Crippen LogP contribution >= 0.6 is 11.3 Å². The average Bonchev–Trinajstić information content (AvgIpc) is 3.01. The number of nitrogens with zero attached hydrogens (tertiary/aromatic N) is 3. The Labute approximate surface area is 128 Å². The Bertz CT molecular complexity index is 620. The molecule has 0 spiro atoms. The van der Waals surface area contributed by atoms with Crippen molar-refractivity contribution in [1.29, 1.82) is 0 Å². The molecule has 3 heterocycles. The van der Waals surface area contributed by atoms with E-state index in [1.54, 1.807) is 11.3 Å². The van der Waals surface area contributed by atoms with Crippen LogP contribution in [0.3, 0.4) is 0 Å². The third-order valence-corrected chi connectivity index (χ3v) is 4.44. The highest BCUT2D eigenvalue weighted by Gasteiger charge is 2.33. The molecule has 0 aromatic carbocycles. The summed E-state index contributed by atoms with van der Waals surface area (Å²) < 4.78 is 2.08. The molecular weight excluding hydrogens is 288 g/mol. The van der Waals surface area contributed by atoms with Crippen molar-refractivity contribution < 1.29 is 10.2 Å². The van der Waals surface area contributed by atoms with E-state index in [4.69, 9.17) is 0 Å². The third-order valence-electron chi connectivity index (χ3n) is 3.68. The number of β-amino-alcohol motifs (C(OH)–C–C–N with tert-alkyl or cyclic N) is 2. The summed E-state index contributed by atoms with van der Waals surface area (Å²) in [6, 6.07) is 0. The molecule has 21 heavy (non-hydrogen) atoms. The maximum atomic E-state index is 9.77. The van der Waals surface area contributed by atoms with Gasteiger partial charge in [0.05, 0.1) is 17.9 Å². The van der Waals surface area contributed by atoms with Gasteiger partial charge in [-0.15, -0.1) is 11.3 Å².